The Bertz CT molecular complexity index is 499. The largest absolute Gasteiger partial charge is 0.481 e. The van der Waals surface area contributed by atoms with E-state index in [1.54, 1.807) is 0 Å². The third-order valence-electron chi connectivity index (χ3n) is 4.22. The van der Waals surface area contributed by atoms with Gasteiger partial charge < -0.3 is 15.2 Å². The fraction of sp³-hybridized carbons (Fsp3) is 0.722. The highest BCUT2D eigenvalue weighted by atomic mass is 16.4. The number of carbonyl (C=O) groups is 2. The average Bonchev–Trinajstić information content (AvgIpc) is 2.99. The Morgan fingerprint density at radius 3 is 2.17 bits per heavy atom. The predicted molar refractivity (Wildman–Crippen MR) is 92.1 cm³/mol. The summed E-state index contributed by atoms with van der Waals surface area (Å²) in [5, 5.41) is 17.9. The summed E-state index contributed by atoms with van der Waals surface area (Å²) in [7, 11) is 0. The van der Waals surface area contributed by atoms with Crippen LogP contribution in [0.2, 0.25) is 0 Å². The summed E-state index contributed by atoms with van der Waals surface area (Å²) in [6.07, 6.45) is 13.0. The third kappa shape index (κ3) is 8.13. The molecule has 0 aromatic carbocycles. The highest BCUT2D eigenvalue weighted by Crippen LogP contribution is 2.19. The van der Waals surface area contributed by atoms with Crippen molar-refractivity contribution < 1.29 is 19.8 Å². The number of imidazole rings is 1. The molecule has 0 saturated carbocycles. The molecule has 0 radical (unpaired) electrons. The van der Waals surface area contributed by atoms with E-state index in [4.69, 9.17) is 10.2 Å². The number of carboxylic acid groups (broad SMARTS) is 2. The van der Waals surface area contributed by atoms with Gasteiger partial charge in [-0.15, -0.1) is 0 Å². The Morgan fingerprint density at radius 1 is 1.04 bits per heavy atom. The van der Waals surface area contributed by atoms with Gasteiger partial charge in [0.1, 0.15) is 11.7 Å². The van der Waals surface area contributed by atoms with Gasteiger partial charge in [-0.2, -0.15) is 0 Å². The molecular formula is C18H30N2O4. The van der Waals surface area contributed by atoms with Crippen LogP contribution in [-0.4, -0.2) is 32.1 Å². The number of aryl methyl sites for hydroxylation is 1. The van der Waals surface area contributed by atoms with E-state index in [-0.39, 0.29) is 0 Å². The number of nitrogens with one attached hydrogen (secondary N) is 1. The zero-order chi connectivity index (χ0) is 17.8. The van der Waals surface area contributed by atoms with Crippen molar-refractivity contribution in [3.05, 3.63) is 17.7 Å². The first-order chi connectivity index (χ1) is 11.5. The molecule has 1 aromatic heterocycles. The smallest absolute Gasteiger partial charge is 0.313 e. The van der Waals surface area contributed by atoms with Crippen LogP contribution in [0.1, 0.15) is 88.6 Å². The number of aromatic amines is 1. The molecule has 1 aromatic rings. The maximum absolute atomic E-state index is 11.2. The molecule has 136 valence electrons. The minimum atomic E-state index is -1.14. The molecule has 0 aliphatic carbocycles. The van der Waals surface area contributed by atoms with Crippen molar-refractivity contribution in [2.45, 2.75) is 83.5 Å². The summed E-state index contributed by atoms with van der Waals surface area (Å²) in [6, 6.07) is 0. The van der Waals surface area contributed by atoms with Gasteiger partial charge in [0.25, 0.3) is 0 Å². The van der Waals surface area contributed by atoms with Crippen molar-refractivity contribution in [1.82, 2.24) is 9.97 Å². The van der Waals surface area contributed by atoms with Crippen LogP contribution in [0.5, 0.6) is 0 Å². The maximum Gasteiger partial charge on any atom is 0.313 e. The molecule has 0 saturated heterocycles. The normalized spacial score (nSPS) is 12.2. The lowest BCUT2D eigenvalue weighted by atomic mass is 10.0. The number of aromatic nitrogens is 2. The van der Waals surface area contributed by atoms with Crippen LogP contribution < -0.4 is 0 Å². The molecular weight excluding hydrogens is 308 g/mol. The number of hydrogen-bond acceptors (Lipinski definition) is 3. The van der Waals surface area contributed by atoms with Gasteiger partial charge in [-0.05, 0) is 6.42 Å². The summed E-state index contributed by atoms with van der Waals surface area (Å²) >= 11 is 0. The number of rotatable bonds is 14. The minimum Gasteiger partial charge on any atom is -0.481 e. The Morgan fingerprint density at radius 2 is 1.62 bits per heavy atom. The Labute approximate surface area is 143 Å². The van der Waals surface area contributed by atoms with Crippen molar-refractivity contribution in [3.8, 4) is 0 Å². The standard InChI is InChI=1S/C18H30N2O4/c1-2-3-4-5-6-7-8-9-10-11-16-19-13-15(20-16)14(18(23)24)12-17(21)22/h13-14H,2-12H2,1H3,(H,19,20)(H,21,22)(H,23,24). The molecule has 0 fully saturated rings. The number of nitrogens with zero attached hydrogens (tertiary/aromatic N) is 1. The van der Waals surface area contributed by atoms with E-state index < -0.39 is 24.3 Å². The van der Waals surface area contributed by atoms with Crippen molar-refractivity contribution in [1.29, 1.82) is 0 Å². The highest BCUT2D eigenvalue weighted by Gasteiger charge is 2.24. The fourth-order valence-electron chi connectivity index (χ4n) is 2.79. The van der Waals surface area contributed by atoms with E-state index in [1.165, 1.54) is 51.1 Å². The second-order valence-corrected chi connectivity index (χ2v) is 6.35. The molecule has 6 nitrogen and oxygen atoms in total. The lowest BCUT2D eigenvalue weighted by Crippen LogP contribution is -2.16. The quantitative estimate of drug-likeness (QED) is 0.443. The van der Waals surface area contributed by atoms with E-state index in [9.17, 15) is 9.59 Å². The zero-order valence-electron chi connectivity index (χ0n) is 14.6. The van der Waals surface area contributed by atoms with Crippen LogP contribution in [0.3, 0.4) is 0 Å². The van der Waals surface area contributed by atoms with Crippen molar-refractivity contribution in [3.63, 3.8) is 0 Å². The molecule has 3 N–H and O–H groups in total. The molecule has 24 heavy (non-hydrogen) atoms. The van der Waals surface area contributed by atoms with E-state index in [0.29, 0.717) is 5.69 Å². The first-order valence-corrected chi connectivity index (χ1v) is 9.03. The summed E-state index contributed by atoms with van der Waals surface area (Å²) in [6.45, 7) is 2.22. The lowest BCUT2D eigenvalue weighted by molar-refractivity contribution is -0.145. The molecule has 1 rings (SSSR count). The van der Waals surface area contributed by atoms with Gasteiger partial charge in [0.15, 0.2) is 0 Å². The van der Waals surface area contributed by atoms with Crippen LogP contribution in [0.25, 0.3) is 0 Å². The van der Waals surface area contributed by atoms with Crippen LogP contribution in [0.4, 0.5) is 0 Å². The molecule has 1 unspecified atom stereocenters. The second-order valence-electron chi connectivity index (χ2n) is 6.35. The van der Waals surface area contributed by atoms with E-state index >= 15 is 0 Å². The summed E-state index contributed by atoms with van der Waals surface area (Å²) in [5.41, 5.74) is 0.371. The number of unbranched alkanes of at least 4 members (excludes halogenated alkanes) is 8. The molecule has 6 heteroatoms. The van der Waals surface area contributed by atoms with Gasteiger partial charge in [-0.3, -0.25) is 9.59 Å². The molecule has 0 bridgehead atoms. The van der Waals surface area contributed by atoms with E-state index in [1.807, 2.05) is 0 Å². The van der Waals surface area contributed by atoms with Crippen LogP contribution in [0, 0.1) is 0 Å². The van der Waals surface area contributed by atoms with Gasteiger partial charge in [0, 0.05) is 18.3 Å². The highest BCUT2D eigenvalue weighted by molar-refractivity contribution is 5.81. The van der Waals surface area contributed by atoms with Gasteiger partial charge >= 0.3 is 11.9 Å². The molecule has 1 heterocycles. The first kappa shape index (κ1) is 20.2. The maximum atomic E-state index is 11.2. The Hall–Kier alpha value is -1.85. The Kier molecular flexibility index (Phi) is 9.80. The lowest BCUT2D eigenvalue weighted by Gasteiger charge is -2.06. The van der Waals surface area contributed by atoms with Crippen molar-refractivity contribution >= 4 is 11.9 Å². The number of carboxylic acids is 2. The SMILES string of the molecule is CCCCCCCCCCCc1ncc(C(CC(=O)O)C(=O)O)[nH]1. The van der Waals surface area contributed by atoms with Crippen molar-refractivity contribution in [2.24, 2.45) is 0 Å². The monoisotopic (exact) mass is 338 g/mol. The number of hydrogen-bond donors (Lipinski definition) is 3. The first-order valence-electron chi connectivity index (χ1n) is 9.03. The van der Waals surface area contributed by atoms with Gasteiger partial charge in [0.2, 0.25) is 0 Å². The average molecular weight is 338 g/mol. The summed E-state index contributed by atoms with van der Waals surface area (Å²) in [4.78, 5) is 29.1. The van der Waals surface area contributed by atoms with E-state index in [2.05, 4.69) is 16.9 Å². The summed E-state index contributed by atoms with van der Waals surface area (Å²) < 4.78 is 0. The Balaban J connectivity index is 2.24. The molecule has 0 spiro atoms. The van der Waals surface area contributed by atoms with Gasteiger partial charge in [-0.25, -0.2) is 4.98 Å². The molecule has 0 amide bonds. The second kappa shape index (κ2) is 11.6. The zero-order valence-corrected chi connectivity index (χ0v) is 14.6. The number of H-pyrrole nitrogens is 1. The van der Waals surface area contributed by atoms with Gasteiger partial charge in [-0.1, -0.05) is 58.3 Å². The van der Waals surface area contributed by atoms with Gasteiger partial charge in [0.05, 0.1) is 6.42 Å². The van der Waals surface area contributed by atoms with Crippen molar-refractivity contribution in [2.75, 3.05) is 0 Å². The molecule has 0 aliphatic rings. The fourth-order valence-corrected chi connectivity index (χ4v) is 2.79. The third-order valence-corrected chi connectivity index (χ3v) is 4.22. The summed E-state index contributed by atoms with van der Waals surface area (Å²) in [5.74, 6) is -2.59. The topological polar surface area (TPSA) is 103 Å². The molecule has 1 atom stereocenters. The predicted octanol–water partition coefficient (Wildman–Crippen LogP) is 4.13. The van der Waals surface area contributed by atoms with Crippen LogP contribution >= 0.6 is 0 Å². The van der Waals surface area contributed by atoms with Crippen LogP contribution in [0.15, 0.2) is 6.20 Å². The molecule has 0 aliphatic heterocycles. The van der Waals surface area contributed by atoms with E-state index in [0.717, 1.165) is 25.1 Å². The number of aliphatic carboxylic acids is 2. The minimum absolute atomic E-state index is 0.371. The van der Waals surface area contributed by atoms with Crippen LogP contribution in [-0.2, 0) is 16.0 Å².